The molecule has 0 aromatic rings. The van der Waals surface area contributed by atoms with E-state index in [-0.39, 0.29) is 0 Å². The zero-order valence-electron chi connectivity index (χ0n) is 15.2. The van der Waals surface area contributed by atoms with Crippen LogP contribution in [0.4, 0.5) is 0 Å². The predicted octanol–water partition coefficient (Wildman–Crippen LogP) is 6.93. The molecule has 2 atom stereocenters. The minimum atomic E-state index is -2.56. The molecule has 3 aliphatic carbocycles. The van der Waals surface area contributed by atoms with Crippen molar-refractivity contribution < 1.29 is 19.1 Å². The van der Waals surface area contributed by atoms with E-state index in [0.29, 0.717) is 9.59 Å². The van der Waals surface area contributed by atoms with Gasteiger partial charge >= 0.3 is 168 Å². The number of hydrogen-bond donors (Lipinski definition) is 0. The van der Waals surface area contributed by atoms with Gasteiger partial charge in [-0.25, -0.2) is 0 Å². The molecule has 0 nitrogen and oxygen atoms in total. The molecule has 0 aromatic carbocycles. The molecule has 3 aliphatic rings. The first-order valence-corrected chi connectivity index (χ1v) is 25.4. The van der Waals surface area contributed by atoms with Gasteiger partial charge in [-0.2, -0.15) is 0 Å². The van der Waals surface area contributed by atoms with Crippen LogP contribution in [0.1, 0.15) is 46.0 Å². The summed E-state index contributed by atoms with van der Waals surface area (Å²) in [6.45, 7) is 4.77. The molecular weight excluding hydrogens is 562 g/mol. The van der Waals surface area contributed by atoms with Crippen LogP contribution in [0, 0.1) is 5.92 Å². The molecule has 3 rings (SSSR count). The molecule has 0 spiro atoms. The summed E-state index contributed by atoms with van der Waals surface area (Å²) in [5.41, 5.74) is 8.01. The molecule has 0 saturated carbocycles. The second-order valence-electron chi connectivity index (χ2n) is 7.34. The van der Waals surface area contributed by atoms with Gasteiger partial charge in [0.2, 0.25) is 0 Å². The summed E-state index contributed by atoms with van der Waals surface area (Å²) < 4.78 is 2.34. The number of hydrogen-bond acceptors (Lipinski definition) is 0. The molecule has 0 heterocycles. The maximum atomic E-state index is 6.73. The number of halogens is 2. The molecule has 0 N–H and O–H groups in total. The molecule has 0 amide bonds. The fourth-order valence-electron chi connectivity index (χ4n) is 4.82. The Hall–Kier alpha value is 0.823. The predicted molar refractivity (Wildman–Crippen MR) is 107 cm³/mol. The van der Waals surface area contributed by atoms with Gasteiger partial charge in [-0.15, -0.1) is 0 Å². The molecule has 0 radical (unpaired) electrons. The van der Waals surface area contributed by atoms with Crippen LogP contribution in [-0.2, 0) is 19.1 Å². The van der Waals surface area contributed by atoms with Gasteiger partial charge < -0.3 is 0 Å². The van der Waals surface area contributed by atoms with Crippen LogP contribution in [0.5, 0.6) is 0 Å². The fourth-order valence-corrected chi connectivity index (χ4v) is 16.9. The Morgan fingerprint density at radius 3 is 2.54 bits per heavy atom. The van der Waals surface area contributed by atoms with Crippen LogP contribution >= 0.6 is 17.2 Å². The van der Waals surface area contributed by atoms with Crippen LogP contribution in [0.15, 0.2) is 46.1 Å². The summed E-state index contributed by atoms with van der Waals surface area (Å²) in [7, 11) is 13.5. The maximum absolute atomic E-state index is 6.73. The Balaban J connectivity index is 2.20. The fraction of sp³-hybridized carbons (Fsp3) is 0.550. The zero-order chi connectivity index (χ0) is 17.4. The van der Waals surface area contributed by atoms with E-state index >= 15 is 0 Å². The molecule has 0 bridgehead atoms. The molecule has 0 aromatic heterocycles. The third-order valence-electron chi connectivity index (χ3n) is 5.81. The average molecular weight is 589 g/mol. The van der Waals surface area contributed by atoms with Crippen molar-refractivity contribution in [2.75, 3.05) is 0 Å². The Morgan fingerprint density at radius 2 is 2.00 bits per heavy atom. The quantitative estimate of drug-likeness (QED) is 0.314. The van der Waals surface area contributed by atoms with Crippen LogP contribution in [-0.4, -0.2) is 18.3 Å². The van der Waals surface area contributed by atoms with E-state index in [9.17, 15) is 0 Å². The summed E-state index contributed by atoms with van der Waals surface area (Å²) in [6, 6.07) is 0. The minimum absolute atomic E-state index is 0.453. The van der Waals surface area contributed by atoms with Crippen molar-refractivity contribution in [3.63, 3.8) is 0 Å². The number of allylic oxidation sites excluding steroid dienone is 8. The summed E-state index contributed by atoms with van der Waals surface area (Å²) in [4.78, 5) is 0. The van der Waals surface area contributed by atoms with E-state index in [1.165, 1.54) is 24.8 Å². The van der Waals surface area contributed by atoms with E-state index in [1.807, 2.05) is 4.35 Å². The number of rotatable bonds is 3. The molecule has 2 unspecified atom stereocenters. The first-order chi connectivity index (χ1) is 11.5. The second kappa shape index (κ2) is 8.23. The van der Waals surface area contributed by atoms with Crippen molar-refractivity contribution >= 4 is 35.4 Å². The summed E-state index contributed by atoms with van der Waals surface area (Å²) in [6.07, 6.45) is 12.9. The molecule has 0 fully saturated rings. The van der Waals surface area contributed by atoms with Crippen LogP contribution < -0.4 is 0 Å². The Bertz CT molecular complexity index is 690. The second-order valence-corrected chi connectivity index (χ2v) is 25.3. The third kappa shape index (κ3) is 3.49. The Morgan fingerprint density at radius 1 is 1.25 bits per heavy atom. The van der Waals surface area contributed by atoms with Crippen molar-refractivity contribution in [2.24, 2.45) is 5.92 Å². The average Bonchev–Trinajstić information content (AvgIpc) is 3.11. The summed E-state index contributed by atoms with van der Waals surface area (Å²) >= 11 is -3.58. The normalized spacial score (nSPS) is 26.8. The van der Waals surface area contributed by atoms with E-state index in [0.717, 1.165) is 12.8 Å². The molecule has 4 heteroatoms. The Labute approximate surface area is 166 Å². The van der Waals surface area contributed by atoms with Gasteiger partial charge in [0.05, 0.1) is 0 Å². The topological polar surface area (TPSA) is 0 Å². The molecule has 0 aliphatic heterocycles. The van der Waals surface area contributed by atoms with Gasteiger partial charge in [0, 0.05) is 0 Å². The van der Waals surface area contributed by atoms with E-state index < -0.39 is 33.0 Å². The van der Waals surface area contributed by atoms with Crippen LogP contribution in [0.25, 0.3) is 0 Å². The van der Waals surface area contributed by atoms with Crippen molar-refractivity contribution in [3.8, 4) is 0 Å². The van der Waals surface area contributed by atoms with Crippen molar-refractivity contribution in [1.29, 1.82) is 0 Å². The molecular formula is C20H27Cl2GeHf. The summed E-state index contributed by atoms with van der Waals surface area (Å²) in [5.74, 6) is 5.67. The van der Waals surface area contributed by atoms with Crippen molar-refractivity contribution in [1.82, 2.24) is 0 Å². The first-order valence-electron chi connectivity index (χ1n) is 9.13. The summed E-state index contributed by atoms with van der Waals surface area (Å²) in [5, 5.41) is 0. The Kier molecular flexibility index (Phi) is 6.72. The van der Waals surface area contributed by atoms with Crippen molar-refractivity contribution in [2.45, 2.75) is 61.1 Å². The van der Waals surface area contributed by atoms with Gasteiger partial charge in [0.25, 0.3) is 0 Å². The van der Waals surface area contributed by atoms with Crippen LogP contribution in [0.3, 0.4) is 0 Å². The van der Waals surface area contributed by atoms with Gasteiger partial charge in [0.15, 0.2) is 0 Å². The molecule has 24 heavy (non-hydrogen) atoms. The SMILES string of the molecule is CCC1=C(C2=CC=CC2)C2=C(CCC[C](=[Ge]([CH3])[CH3])C2C)[CH]1[Hf]([Cl])[Cl]. The van der Waals surface area contributed by atoms with E-state index in [2.05, 4.69) is 43.6 Å². The molecule has 129 valence electrons. The standard InChI is InChI=1S/C20H27Ge.2ClH.Hf/c1-5-15-13-17-11-8-12-18(21(3)4)14(2)19(17)20(15)16-9-6-7-10-16;;;/h6-7,9,13-14H,5,8,10-12H2,1-4H3;2*1H;/q;;;+2/p-2. The molecule has 0 saturated heterocycles. The zero-order valence-corrected chi connectivity index (χ0v) is 22.4. The van der Waals surface area contributed by atoms with E-state index in [1.54, 1.807) is 22.3 Å². The first kappa shape index (κ1) is 19.6. The monoisotopic (exact) mass is 591 g/mol. The third-order valence-corrected chi connectivity index (χ3v) is 17.6. The van der Waals surface area contributed by atoms with Gasteiger partial charge in [-0.05, 0) is 0 Å². The van der Waals surface area contributed by atoms with Crippen molar-refractivity contribution in [3.05, 3.63) is 46.1 Å². The van der Waals surface area contributed by atoms with Crippen LogP contribution in [0.2, 0.25) is 15.2 Å². The van der Waals surface area contributed by atoms with Gasteiger partial charge in [-0.1, -0.05) is 0 Å². The van der Waals surface area contributed by atoms with Gasteiger partial charge in [0.1, 0.15) is 0 Å². The van der Waals surface area contributed by atoms with Gasteiger partial charge in [-0.3, -0.25) is 0 Å². The van der Waals surface area contributed by atoms with E-state index in [4.69, 9.17) is 17.2 Å².